The van der Waals surface area contributed by atoms with E-state index in [1.807, 2.05) is 24.3 Å². The van der Waals surface area contributed by atoms with Crippen molar-refractivity contribution in [2.24, 2.45) is 0 Å². The monoisotopic (exact) mass is 247 g/mol. The Morgan fingerprint density at radius 3 is 2.61 bits per heavy atom. The fourth-order valence-corrected chi connectivity index (χ4v) is 1.39. The lowest BCUT2D eigenvalue weighted by Gasteiger charge is -2.04. The summed E-state index contributed by atoms with van der Waals surface area (Å²) in [5, 5.41) is 9.92. The van der Waals surface area contributed by atoms with Gasteiger partial charge in [-0.05, 0) is 17.7 Å². The van der Waals surface area contributed by atoms with Gasteiger partial charge >= 0.3 is 11.8 Å². The second-order valence-electron chi connectivity index (χ2n) is 3.66. The highest BCUT2D eigenvalue weighted by atomic mass is 16.5. The first-order valence-electron chi connectivity index (χ1n) is 5.40. The minimum Gasteiger partial charge on any atom is -0.497 e. The second-order valence-corrected chi connectivity index (χ2v) is 3.66. The molecule has 6 nitrogen and oxygen atoms in total. The summed E-state index contributed by atoms with van der Waals surface area (Å²) < 4.78 is 10.1. The molecule has 0 aliphatic heterocycles. The molecule has 1 amide bonds. The van der Waals surface area contributed by atoms with Crippen molar-refractivity contribution >= 4 is 5.91 Å². The summed E-state index contributed by atoms with van der Waals surface area (Å²) in [4.78, 5) is 11.6. The largest absolute Gasteiger partial charge is 0.497 e. The molecule has 1 N–H and O–H groups in total. The Kier molecular flexibility index (Phi) is 3.57. The third-order valence-corrected chi connectivity index (χ3v) is 2.33. The van der Waals surface area contributed by atoms with Gasteiger partial charge in [-0.15, -0.1) is 10.2 Å². The van der Waals surface area contributed by atoms with E-state index in [1.54, 1.807) is 14.0 Å². The zero-order valence-corrected chi connectivity index (χ0v) is 10.1. The third kappa shape index (κ3) is 2.85. The summed E-state index contributed by atoms with van der Waals surface area (Å²) in [6.07, 6.45) is 0. The molecule has 0 aliphatic carbocycles. The van der Waals surface area contributed by atoms with E-state index in [1.165, 1.54) is 0 Å². The van der Waals surface area contributed by atoms with Crippen LogP contribution in [0.1, 0.15) is 22.1 Å². The molecular weight excluding hydrogens is 234 g/mol. The maximum absolute atomic E-state index is 11.6. The highest BCUT2D eigenvalue weighted by Crippen LogP contribution is 2.11. The minimum atomic E-state index is -0.383. The quantitative estimate of drug-likeness (QED) is 0.881. The molecule has 18 heavy (non-hydrogen) atoms. The average molecular weight is 247 g/mol. The molecule has 0 bridgehead atoms. The summed E-state index contributed by atoms with van der Waals surface area (Å²) in [7, 11) is 1.61. The number of carbonyl (C=O) groups excluding carboxylic acids is 1. The van der Waals surface area contributed by atoms with Crippen molar-refractivity contribution in [1.82, 2.24) is 15.5 Å². The molecule has 0 saturated heterocycles. The van der Waals surface area contributed by atoms with E-state index in [2.05, 4.69) is 15.5 Å². The molecule has 1 aromatic heterocycles. The van der Waals surface area contributed by atoms with Gasteiger partial charge < -0.3 is 14.5 Å². The van der Waals surface area contributed by atoms with E-state index >= 15 is 0 Å². The summed E-state index contributed by atoms with van der Waals surface area (Å²) in [5.74, 6) is 0.731. The smallest absolute Gasteiger partial charge is 0.309 e. The molecule has 2 aromatic rings. The molecule has 0 atom stereocenters. The van der Waals surface area contributed by atoms with Gasteiger partial charge in [-0.3, -0.25) is 4.79 Å². The number of nitrogens with zero attached hydrogens (tertiary/aromatic N) is 2. The maximum Gasteiger partial charge on any atom is 0.309 e. The van der Waals surface area contributed by atoms with Crippen LogP contribution in [0.3, 0.4) is 0 Å². The lowest BCUT2D eigenvalue weighted by Crippen LogP contribution is -2.23. The fourth-order valence-electron chi connectivity index (χ4n) is 1.39. The highest BCUT2D eigenvalue weighted by molar-refractivity contribution is 5.89. The second kappa shape index (κ2) is 5.31. The first kappa shape index (κ1) is 12.1. The van der Waals surface area contributed by atoms with Gasteiger partial charge in [-0.1, -0.05) is 12.1 Å². The molecule has 1 heterocycles. The SMILES string of the molecule is COc1ccc(CNC(=O)c2nnc(C)o2)cc1. The Hall–Kier alpha value is -2.37. The van der Waals surface area contributed by atoms with E-state index in [0.29, 0.717) is 12.4 Å². The van der Waals surface area contributed by atoms with Crippen molar-refractivity contribution in [2.45, 2.75) is 13.5 Å². The van der Waals surface area contributed by atoms with Crippen LogP contribution in [0, 0.1) is 6.92 Å². The van der Waals surface area contributed by atoms with Gasteiger partial charge in [0.2, 0.25) is 5.89 Å². The molecule has 0 radical (unpaired) electrons. The van der Waals surface area contributed by atoms with E-state index < -0.39 is 0 Å². The minimum absolute atomic E-state index is 0.0268. The molecule has 0 aliphatic rings. The number of nitrogens with one attached hydrogen (secondary N) is 1. The number of benzene rings is 1. The zero-order chi connectivity index (χ0) is 13.0. The molecule has 0 fully saturated rings. The van der Waals surface area contributed by atoms with Crippen LogP contribution in [0.5, 0.6) is 5.75 Å². The summed E-state index contributed by atoms with van der Waals surface area (Å²) in [5.41, 5.74) is 0.959. The lowest BCUT2D eigenvalue weighted by atomic mass is 10.2. The summed E-state index contributed by atoms with van der Waals surface area (Å²) in [6.45, 7) is 2.03. The average Bonchev–Trinajstić information content (AvgIpc) is 2.83. The number of hydrogen-bond acceptors (Lipinski definition) is 5. The molecule has 94 valence electrons. The van der Waals surface area contributed by atoms with E-state index in [0.717, 1.165) is 11.3 Å². The number of methoxy groups -OCH3 is 1. The summed E-state index contributed by atoms with van der Waals surface area (Å²) in [6, 6.07) is 7.41. The first-order valence-corrected chi connectivity index (χ1v) is 5.40. The van der Waals surface area contributed by atoms with Gasteiger partial charge in [0, 0.05) is 13.5 Å². The topological polar surface area (TPSA) is 77.2 Å². The number of hydrogen-bond donors (Lipinski definition) is 1. The molecule has 0 saturated carbocycles. The molecule has 2 rings (SSSR count). The number of amides is 1. The number of carbonyl (C=O) groups is 1. The molecular formula is C12H13N3O3. The van der Waals surface area contributed by atoms with Crippen molar-refractivity contribution in [3.05, 3.63) is 41.6 Å². The predicted octanol–water partition coefficient (Wildman–Crippen LogP) is 1.32. The van der Waals surface area contributed by atoms with Crippen LogP contribution in [-0.2, 0) is 6.54 Å². The van der Waals surface area contributed by atoms with Crippen LogP contribution in [0.25, 0.3) is 0 Å². The van der Waals surface area contributed by atoms with Gasteiger partial charge in [-0.2, -0.15) is 0 Å². The zero-order valence-electron chi connectivity index (χ0n) is 10.1. The van der Waals surface area contributed by atoms with Crippen molar-refractivity contribution in [3.8, 4) is 5.75 Å². The molecule has 0 unspecified atom stereocenters. The van der Waals surface area contributed by atoms with Crippen LogP contribution >= 0.6 is 0 Å². The van der Waals surface area contributed by atoms with Crippen LogP contribution in [0.4, 0.5) is 0 Å². The Morgan fingerprint density at radius 1 is 1.33 bits per heavy atom. The predicted molar refractivity (Wildman–Crippen MR) is 63.2 cm³/mol. The van der Waals surface area contributed by atoms with Gasteiger partial charge in [-0.25, -0.2) is 0 Å². The van der Waals surface area contributed by atoms with E-state index in [-0.39, 0.29) is 11.8 Å². The van der Waals surface area contributed by atoms with Gasteiger partial charge in [0.25, 0.3) is 0 Å². The van der Waals surface area contributed by atoms with Crippen molar-refractivity contribution in [1.29, 1.82) is 0 Å². The van der Waals surface area contributed by atoms with Crippen molar-refractivity contribution in [2.75, 3.05) is 7.11 Å². The Labute approximate surface area is 104 Å². The van der Waals surface area contributed by atoms with Crippen LogP contribution < -0.4 is 10.1 Å². The standard InChI is InChI=1S/C12H13N3O3/c1-8-14-15-12(18-8)11(16)13-7-9-3-5-10(17-2)6-4-9/h3-6H,7H2,1-2H3,(H,13,16). The van der Waals surface area contributed by atoms with Gasteiger partial charge in [0.1, 0.15) is 5.75 Å². The van der Waals surface area contributed by atoms with Crippen LogP contribution in [0.15, 0.2) is 28.7 Å². The number of ether oxygens (including phenoxy) is 1. The van der Waals surface area contributed by atoms with Crippen molar-refractivity contribution < 1.29 is 13.9 Å². The maximum atomic E-state index is 11.6. The molecule has 1 aromatic carbocycles. The Morgan fingerprint density at radius 2 is 2.06 bits per heavy atom. The Balaban J connectivity index is 1.92. The Bertz CT molecular complexity index is 534. The molecule has 0 spiro atoms. The number of rotatable bonds is 4. The third-order valence-electron chi connectivity index (χ3n) is 2.33. The number of aromatic nitrogens is 2. The van der Waals surface area contributed by atoms with Gasteiger partial charge in [0.15, 0.2) is 0 Å². The van der Waals surface area contributed by atoms with E-state index in [9.17, 15) is 4.79 Å². The first-order chi connectivity index (χ1) is 8.69. The van der Waals surface area contributed by atoms with Crippen molar-refractivity contribution in [3.63, 3.8) is 0 Å². The van der Waals surface area contributed by atoms with E-state index in [4.69, 9.17) is 9.15 Å². The number of aryl methyl sites for hydroxylation is 1. The normalized spacial score (nSPS) is 10.1. The highest BCUT2D eigenvalue weighted by Gasteiger charge is 2.12. The van der Waals surface area contributed by atoms with Crippen LogP contribution in [0.2, 0.25) is 0 Å². The fraction of sp³-hybridized carbons (Fsp3) is 0.250. The molecule has 6 heteroatoms. The van der Waals surface area contributed by atoms with Gasteiger partial charge in [0.05, 0.1) is 7.11 Å². The summed E-state index contributed by atoms with van der Waals surface area (Å²) >= 11 is 0. The lowest BCUT2D eigenvalue weighted by molar-refractivity contribution is 0.0915. The van der Waals surface area contributed by atoms with Crippen LogP contribution in [-0.4, -0.2) is 23.2 Å².